The molecule has 2 N–H and O–H groups in total. The minimum Gasteiger partial charge on any atom is -0.382 e. The van der Waals surface area contributed by atoms with E-state index in [0.717, 1.165) is 15.7 Å². The Balaban J connectivity index is 1.85. The number of nitrogens with two attached hydrogens (primary N) is 1. The first-order valence-electron chi connectivity index (χ1n) is 7.09. The summed E-state index contributed by atoms with van der Waals surface area (Å²) in [6.07, 6.45) is 1.02. The third-order valence-electron chi connectivity index (χ3n) is 4.30. The van der Waals surface area contributed by atoms with E-state index in [9.17, 15) is 0 Å². The molecule has 0 aromatic carbocycles. The van der Waals surface area contributed by atoms with Gasteiger partial charge in [0.1, 0.15) is 29.7 Å². The van der Waals surface area contributed by atoms with Crippen molar-refractivity contribution in [3.8, 4) is 0 Å². The molecule has 3 atom stereocenters. The van der Waals surface area contributed by atoms with Gasteiger partial charge in [0.2, 0.25) is 0 Å². The first-order valence-corrected chi connectivity index (χ1v) is 7.88. The predicted octanol–water partition coefficient (Wildman–Crippen LogP) is 2.06. The maximum atomic E-state index is 6.17. The fourth-order valence-electron chi connectivity index (χ4n) is 3.46. The van der Waals surface area contributed by atoms with Crippen LogP contribution in [0.5, 0.6) is 0 Å². The summed E-state index contributed by atoms with van der Waals surface area (Å²) in [5.74, 6) is -0.212. The van der Waals surface area contributed by atoms with Crippen LogP contribution in [0.25, 0.3) is 5.52 Å². The highest BCUT2D eigenvalue weighted by molar-refractivity contribution is 9.10. The summed E-state index contributed by atoms with van der Waals surface area (Å²) in [7, 11) is 0. The molecule has 0 bridgehead atoms. The molecule has 8 heteroatoms. The van der Waals surface area contributed by atoms with E-state index in [1.54, 1.807) is 4.52 Å². The Kier molecular flexibility index (Phi) is 2.88. The zero-order valence-corrected chi connectivity index (χ0v) is 14.1. The van der Waals surface area contributed by atoms with Crippen molar-refractivity contribution in [2.45, 2.75) is 44.4 Å². The number of hydrogen-bond acceptors (Lipinski definition) is 6. The Morgan fingerprint density at radius 2 is 2.18 bits per heavy atom. The second-order valence-electron chi connectivity index (χ2n) is 6.33. The van der Waals surface area contributed by atoms with Gasteiger partial charge in [0, 0.05) is 4.47 Å². The van der Waals surface area contributed by atoms with Gasteiger partial charge < -0.3 is 19.9 Å². The van der Waals surface area contributed by atoms with Crippen molar-refractivity contribution >= 4 is 27.3 Å². The molecule has 0 unspecified atom stereocenters. The van der Waals surface area contributed by atoms with E-state index < -0.39 is 11.4 Å². The van der Waals surface area contributed by atoms with Crippen LogP contribution < -0.4 is 5.73 Å². The van der Waals surface area contributed by atoms with Crippen LogP contribution >= 0.6 is 15.9 Å². The zero-order chi connectivity index (χ0) is 15.7. The van der Waals surface area contributed by atoms with Crippen LogP contribution in [0.3, 0.4) is 0 Å². The van der Waals surface area contributed by atoms with Gasteiger partial charge in [0.05, 0.1) is 12.3 Å². The Labute approximate surface area is 135 Å². The van der Waals surface area contributed by atoms with E-state index in [0.29, 0.717) is 12.4 Å². The minimum absolute atomic E-state index is 0.115. The molecule has 0 aliphatic carbocycles. The molecule has 2 aliphatic heterocycles. The number of rotatable bonds is 1. The summed E-state index contributed by atoms with van der Waals surface area (Å²) in [5.41, 5.74) is 6.97. The summed E-state index contributed by atoms with van der Waals surface area (Å²) in [6.45, 7) is 6.33. The van der Waals surface area contributed by atoms with E-state index in [4.69, 9.17) is 19.9 Å². The topological polar surface area (TPSA) is 83.9 Å². The van der Waals surface area contributed by atoms with Crippen LogP contribution in [0.15, 0.2) is 16.9 Å². The van der Waals surface area contributed by atoms with E-state index in [2.05, 4.69) is 26.0 Å². The number of nitrogens with zero attached hydrogens (tertiary/aromatic N) is 3. The van der Waals surface area contributed by atoms with Gasteiger partial charge in [-0.25, -0.2) is 9.50 Å². The lowest BCUT2D eigenvalue weighted by Gasteiger charge is -2.29. The SMILES string of the molecule is CC1(C)O[C@@H]2CO[C@@H](c3cc(Br)c4c(N)ncnn34)[C@]2(C)O1. The van der Waals surface area contributed by atoms with Crippen molar-refractivity contribution < 1.29 is 14.2 Å². The highest BCUT2D eigenvalue weighted by Gasteiger charge is 2.60. The maximum absolute atomic E-state index is 6.17. The Hall–Kier alpha value is -1.22. The van der Waals surface area contributed by atoms with Gasteiger partial charge in [0.15, 0.2) is 11.6 Å². The molecule has 0 saturated carbocycles. The molecule has 2 saturated heterocycles. The smallest absolute Gasteiger partial charge is 0.164 e. The van der Waals surface area contributed by atoms with E-state index >= 15 is 0 Å². The van der Waals surface area contributed by atoms with Gasteiger partial charge in [-0.05, 0) is 42.8 Å². The predicted molar refractivity (Wildman–Crippen MR) is 82.2 cm³/mol. The lowest BCUT2D eigenvalue weighted by Crippen LogP contribution is -2.38. The van der Waals surface area contributed by atoms with Gasteiger partial charge in [-0.15, -0.1) is 0 Å². The summed E-state index contributed by atoms with van der Waals surface area (Å²) < 4.78 is 20.7. The molecular formula is C14H17BrN4O3. The van der Waals surface area contributed by atoms with Gasteiger partial charge in [-0.2, -0.15) is 5.10 Å². The lowest BCUT2D eigenvalue weighted by atomic mass is 9.93. The molecule has 4 rings (SSSR count). The number of halogens is 1. The molecule has 0 radical (unpaired) electrons. The number of hydrogen-bond donors (Lipinski definition) is 1. The lowest BCUT2D eigenvalue weighted by molar-refractivity contribution is -0.195. The molecule has 2 aliphatic rings. The average Bonchev–Trinajstić information content (AvgIpc) is 2.96. The summed E-state index contributed by atoms with van der Waals surface area (Å²) >= 11 is 3.52. The van der Waals surface area contributed by atoms with Crippen molar-refractivity contribution in [3.63, 3.8) is 0 Å². The molecule has 7 nitrogen and oxygen atoms in total. The van der Waals surface area contributed by atoms with Crippen LogP contribution in [0.2, 0.25) is 0 Å². The summed E-state index contributed by atoms with van der Waals surface area (Å²) in [6, 6.07) is 1.95. The van der Waals surface area contributed by atoms with Crippen molar-refractivity contribution in [1.82, 2.24) is 14.6 Å². The molecule has 0 amide bonds. The van der Waals surface area contributed by atoms with E-state index in [1.807, 2.05) is 26.8 Å². The summed E-state index contributed by atoms with van der Waals surface area (Å²) in [4.78, 5) is 4.03. The van der Waals surface area contributed by atoms with E-state index in [1.165, 1.54) is 6.33 Å². The monoisotopic (exact) mass is 368 g/mol. The fraction of sp³-hybridized carbons (Fsp3) is 0.571. The zero-order valence-electron chi connectivity index (χ0n) is 12.5. The third-order valence-corrected chi connectivity index (χ3v) is 4.90. The van der Waals surface area contributed by atoms with Gasteiger partial charge in [-0.3, -0.25) is 0 Å². The molecule has 2 fully saturated rings. The second-order valence-corrected chi connectivity index (χ2v) is 7.18. The number of anilines is 1. The number of fused-ring (bicyclic) bond motifs is 2. The third kappa shape index (κ3) is 1.84. The number of aromatic nitrogens is 3. The first kappa shape index (κ1) is 14.4. The first-order chi connectivity index (χ1) is 10.3. The van der Waals surface area contributed by atoms with Crippen LogP contribution in [0.4, 0.5) is 5.82 Å². The normalized spacial score (nSPS) is 33.5. The molecule has 0 spiro atoms. The maximum Gasteiger partial charge on any atom is 0.164 e. The van der Waals surface area contributed by atoms with Gasteiger partial charge in [0.25, 0.3) is 0 Å². The molecular weight excluding hydrogens is 352 g/mol. The van der Waals surface area contributed by atoms with Crippen molar-refractivity contribution in [1.29, 1.82) is 0 Å². The van der Waals surface area contributed by atoms with Gasteiger partial charge in [-0.1, -0.05) is 0 Å². The van der Waals surface area contributed by atoms with Gasteiger partial charge >= 0.3 is 0 Å². The molecule has 2 aromatic heterocycles. The second kappa shape index (κ2) is 4.41. The minimum atomic E-state index is -0.625. The Morgan fingerprint density at radius 3 is 2.95 bits per heavy atom. The van der Waals surface area contributed by atoms with Crippen LogP contribution in [0, 0.1) is 0 Å². The standard InChI is InChI=1S/C14H17BrN4O3/c1-13(2)21-9-5-20-11(14(9,3)22-13)8-4-7(15)10-12(16)17-6-18-19(8)10/h4,6,9,11H,5H2,1-3H3,(H2,16,17,18)/t9-,11+,14-/m1/s1. The molecule has 118 valence electrons. The molecule has 2 aromatic rings. The van der Waals surface area contributed by atoms with Crippen LogP contribution in [0.1, 0.15) is 32.6 Å². The molecule has 4 heterocycles. The Bertz CT molecular complexity index is 762. The van der Waals surface area contributed by atoms with E-state index in [-0.39, 0.29) is 12.2 Å². The van der Waals surface area contributed by atoms with Crippen molar-refractivity contribution in [2.75, 3.05) is 12.3 Å². The number of nitrogen functional groups attached to an aromatic ring is 1. The highest BCUT2D eigenvalue weighted by Crippen LogP contribution is 2.50. The van der Waals surface area contributed by atoms with Crippen molar-refractivity contribution in [2.24, 2.45) is 0 Å². The van der Waals surface area contributed by atoms with Crippen LogP contribution in [-0.2, 0) is 14.2 Å². The highest BCUT2D eigenvalue weighted by atomic mass is 79.9. The number of ether oxygens (including phenoxy) is 3. The van der Waals surface area contributed by atoms with Crippen molar-refractivity contribution in [3.05, 3.63) is 22.6 Å². The average molecular weight is 369 g/mol. The quantitative estimate of drug-likeness (QED) is 0.829. The fourth-order valence-corrected chi connectivity index (χ4v) is 4.07. The van der Waals surface area contributed by atoms with Crippen LogP contribution in [-0.4, -0.2) is 38.7 Å². The molecule has 22 heavy (non-hydrogen) atoms. The largest absolute Gasteiger partial charge is 0.382 e. The Morgan fingerprint density at radius 1 is 1.41 bits per heavy atom. The summed E-state index contributed by atoms with van der Waals surface area (Å²) in [5, 5.41) is 4.31.